The summed E-state index contributed by atoms with van der Waals surface area (Å²) in [4.78, 5) is 14.1. The van der Waals surface area contributed by atoms with E-state index in [1.165, 1.54) is 0 Å². The van der Waals surface area contributed by atoms with Crippen molar-refractivity contribution in [3.8, 4) is 5.75 Å². The van der Waals surface area contributed by atoms with Gasteiger partial charge in [-0.2, -0.15) is 0 Å². The lowest BCUT2D eigenvalue weighted by Gasteiger charge is -2.31. The molecule has 1 aliphatic heterocycles. The van der Waals surface area contributed by atoms with E-state index in [9.17, 15) is 9.90 Å². The summed E-state index contributed by atoms with van der Waals surface area (Å²) in [6, 6.07) is 17.9. The summed E-state index contributed by atoms with van der Waals surface area (Å²) in [6.07, 6.45) is 0. The number of aliphatic carboxylic acids is 1. The molecule has 1 N–H and O–H groups in total. The molecule has 0 aliphatic carbocycles. The van der Waals surface area contributed by atoms with E-state index in [0.29, 0.717) is 13.2 Å². The van der Waals surface area contributed by atoms with Crippen LogP contribution in [0.2, 0.25) is 0 Å². The SMILES string of the molecule is CC(C)(C)N1C[C@H](C(=O)O)[C@@H](c2ccccc2OCc2ccccc2)C1. The Hall–Kier alpha value is -2.33. The third kappa shape index (κ3) is 4.07. The van der Waals surface area contributed by atoms with Crippen molar-refractivity contribution in [2.24, 2.45) is 5.92 Å². The number of carboxylic acid groups (broad SMARTS) is 1. The largest absolute Gasteiger partial charge is 0.489 e. The van der Waals surface area contributed by atoms with Crippen LogP contribution in [0.1, 0.15) is 37.8 Å². The minimum atomic E-state index is -0.736. The van der Waals surface area contributed by atoms with Crippen LogP contribution in [-0.2, 0) is 11.4 Å². The van der Waals surface area contributed by atoms with Gasteiger partial charge in [-0.3, -0.25) is 9.69 Å². The predicted octanol–water partition coefficient (Wildman–Crippen LogP) is 4.16. The number of para-hydroxylation sites is 1. The summed E-state index contributed by atoms with van der Waals surface area (Å²) in [5, 5.41) is 9.76. The molecule has 1 fully saturated rings. The molecule has 2 aromatic carbocycles. The quantitative estimate of drug-likeness (QED) is 0.877. The molecular formula is C22H27NO3. The number of nitrogens with zero attached hydrogens (tertiary/aromatic N) is 1. The van der Waals surface area contributed by atoms with Crippen LogP contribution in [-0.4, -0.2) is 34.6 Å². The molecule has 0 spiro atoms. The number of hydrogen-bond acceptors (Lipinski definition) is 3. The maximum atomic E-state index is 11.9. The fourth-order valence-electron chi connectivity index (χ4n) is 3.57. The average Bonchev–Trinajstić information content (AvgIpc) is 3.07. The van der Waals surface area contributed by atoms with E-state index >= 15 is 0 Å². The van der Waals surface area contributed by atoms with Gasteiger partial charge < -0.3 is 9.84 Å². The topological polar surface area (TPSA) is 49.8 Å². The first-order valence-electron chi connectivity index (χ1n) is 9.10. The normalized spacial score (nSPS) is 20.9. The van der Waals surface area contributed by atoms with Gasteiger partial charge in [-0.25, -0.2) is 0 Å². The second-order valence-electron chi connectivity index (χ2n) is 7.94. The molecule has 0 unspecified atom stereocenters. The van der Waals surface area contributed by atoms with Crippen molar-refractivity contribution < 1.29 is 14.6 Å². The fraction of sp³-hybridized carbons (Fsp3) is 0.409. The summed E-state index contributed by atoms with van der Waals surface area (Å²) >= 11 is 0. The van der Waals surface area contributed by atoms with Crippen LogP contribution in [0.5, 0.6) is 5.75 Å². The first-order chi connectivity index (χ1) is 12.4. The molecular weight excluding hydrogens is 326 g/mol. The van der Waals surface area contributed by atoms with Crippen molar-refractivity contribution >= 4 is 5.97 Å². The smallest absolute Gasteiger partial charge is 0.308 e. The molecule has 3 rings (SSSR count). The highest BCUT2D eigenvalue weighted by molar-refractivity contribution is 5.72. The molecule has 4 heteroatoms. The third-order valence-electron chi connectivity index (χ3n) is 5.14. The minimum absolute atomic E-state index is 0.0533. The molecule has 1 saturated heterocycles. The van der Waals surface area contributed by atoms with Gasteiger partial charge in [0.05, 0.1) is 5.92 Å². The number of ether oxygens (including phenoxy) is 1. The highest BCUT2D eigenvalue weighted by atomic mass is 16.5. The number of rotatable bonds is 5. The average molecular weight is 353 g/mol. The zero-order chi connectivity index (χ0) is 18.7. The van der Waals surface area contributed by atoms with Crippen LogP contribution >= 0.6 is 0 Å². The minimum Gasteiger partial charge on any atom is -0.489 e. The van der Waals surface area contributed by atoms with Gasteiger partial charge in [0.25, 0.3) is 0 Å². The van der Waals surface area contributed by atoms with E-state index < -0.39 is 11.9 Å². The molecule has 2 atom stereocenters. The van der Waals surface area contributed by atoms with Gasteiger partial charge in [0.1, 0.15) is 12.4 Å². The number of carboxylic acids is 1. The van der Waals surface area contributed by atoms with E-state index in [2.05, 4.69) is 25.7 Å². The third-order valence-corrected chi connectivity index (χ3v) is 5.14. The van der Waals surface area contributed by atoms with Crippen LogP contribution in [0.15, 0.2) is 54.6 Å². The number of likely N-dealkylation sites (tertiary alicyclic amines) is 1. The van der Waals surface area contributed by atoms with Gasteiger partial charge >= 0.3 is 5.97 Å². The molecule has 0 amide bonds. The van der Waals surface area contributed by atoms with Gasteiger partial charge in [0.2, 0.25) is 0 Å². The van der Waals surface area contributed by atoms with E-state index in [1.807, 2.05) is 54.6 Å². The maximum Gasteiger partial charge on any atom is 0.308 e. The Bertz CT molecular complexity index is 751. The summed E-state index contributed by atoms with van der Waals surface area (Å²) in [5.41, 5.74) is 2.03. The molecule has 2 aromatic rings. The lowest BCUT2D eigenvalue weighted by molar-refractivity contribution is -0.141. The highest BCUT2D eigenvalue weighted by Gasteiger charge is 2.43. The molecule has 26 heavy (non-hydrogen) atoms. The molecule has 0 bridgehead atoms. The van der Waals surface area contributed by atoms with E-state index in [0.717, 1.165) is 23.4 Å². The van der Waals surface area contributed by atoms with Crippen LogP contribution in [0.3, 0.4) is 0 Å². The second kappa shape index (κ2) is 7.50. The Kier molecular flexibility index (Phi) is 5.33. The van der Waals surface area contributed by atoms with Gasteiger partial charge in [-0.15, -0.1) is 0 Å². The van der Waals surface area contributed by atoms with Gasteiger partial charge in [-0.05, 0) is 38.0 Å². The summed E-state index contributed by atoms with van der Waals surface area (Å²) in [6.45, 7) is 8.16. The Balaban J connectivity index is 1.84. The second-order valence-corrected chi connectivity index (χ2v) is 7.94. The van der Waals surface area contributed by atoms with Crippen LogP contribution in [0.25, 0.3) is 0 Å². The van der Waals surface area contributed by atoms with E-state index in [-0.39, 0.29) is 11.5 Å². The maximum absolute atomic E-state index is 11.9. The van der Waals surface area contributed by atoms with Crippen molar-refractivity contribution in [3.63, 3.8) is 0 Å². The van der Waals surface area contributed by atoms with Crippen LogP contribution in [0, 0.1) is 5.92 Å². The summed E-state index contributed by atoms with van der Waals surface area (Å²) in [5.74, 6) is -0.447. The zero-order valence-electron chi connectivity index (χ0n) is 15.7. The first kappa shape index (κ1) is 18.5. The Morgan fingerprint density at radius 1 is 1.08 bits per heavy atom. The molecule has 138 valence electrons. The highest BCUT2D eigenvalue weighted by Crippen LogP contribution is 2.40. The van der Waals surface area contributed by atoms with Crippen molar-refractivity contribution in [3.05, 3.63) is 65.7 Å². The molecule has 4 nitrogen and oxygen atoms in total. The Morgan fingerprint density at radius 3 is 2.38 bits per heavy atom. The molecule has 0 radical (unpaired) electrons. The number of hydrogen-bond donors (Lipinski definition) is 1. The predicted molar refractivity (Wildman–Crippen MR) is 102 cm³/mol. The molecule has 0 aromatic heterocycles. The molecule has 0 saturated carbocycles. The van der Waals surface area contributed by atoms with Crippen molar-refractivity contribution in [2.45, 2.75) is 38.8 Å². The fourth-order valence-corrected chi connectivity index (χ4v) is 3.57. The monoisotopic (exact) mass is 353 g/mol. The number of benzene rings is 2. The zero-order valence-corrected chi connectivity index (χ0v) is 15.7. The Labute approximate surface area is 155 Å². The van der Waals surface area contributed by atoms with Crippen molar-refractivity contribution in [1.82, 2.24) is 4.90 Å². The van der Waals surface area contributed by atoms with Gasteiger partial charge in [0.15, 0.2) is 0 Å². The van der Waals surface area contributed by atoms with Gasteiger partial charge in [0, 0.05) is 24.5 Å². The van der Waals surface area contributed by atoms with Crippen LogP contribution < -0.4 is 4.74 Å². The molecule has 1 heterocycles. The summed E-state index contributed by atoms with van der Waals surface area (Å²) in [7, 11) is 0. The first-order valence-corrected chi connectivity index (χ1v) is 9.10. The van der Waals surface area contributed by atoms with E-state index in [4.69, 9.17) is 4.74 Å². The van der Waals surface area contributed by atoms with Gasteiger partial charge in [-0.1, -0.05) is 48.5 Å². The standard InChI is InChI=1S/C22H27NO3/c1-22(2,3)23-13-18(19(14-23)21(24)25)17-11-7-8-12-20(17)26-15-16-9-5-4-6-10-16/h4-12,18-19H,13-15H2,1-3H3,(H,24,25)/t18-,19+/m1/s1. The number of carbonyl (C=O) groups is 1. The van der Waals surface area contributed by atoms with Crippen molar-refractivity contribution in [2.75, 3.05) is 13.1 Å². The summed E-state index contributed by atoms with van der Waals surface area (Å²) < 4.78 is 6.07. The van der Waals surface area contributed by atoms with Crippen molar-refractivity contribution in [1.29, 1.82) is 0 Å². The lowest BCUT2D eigenvalue weighted by atomic mass is 9.88. The lowest BCUT2D eigenvalue weighted by Crippen LogP contribution is -2.40. The Morgan fingerprint density at radius 2 is 1.73 bits per heavy atom. The van der Waals surface area contributed by atoms with E-state index in [1.54, 1.807) is 0 Å². The van der Waals surface area contributed by atoms with Crippen LogP contribution in [0.4, 0.5) is 0 Å². The molecule has 1 aliphatic rings.